The third-order valence-corrected chi connectivity index (χ3v) is 5.96. The van der Waals surface area contributed by atoms with Gasteiger partial charge in [-0.15, -0.1) is 24.8 Å². The lowest BCUT2D eigenvalue weighted by molar-refractivity contribution is -0.124. The van der Waals surface area contributed by atoms with E-state index < -0.39 is 0 Å². The van der Waals surface area contributed by atoms with Gasteiger partial charge in [-0.2, -0.15) is 0 Å². The quantitative estimate of drug-likeness (QED) is 0.694. The number of carbonyl (C=O) groups is 1. The van der Waals surface area contributed by atoms with E-state index >= 15 is 0 Å². The molecule has 1 amide bonds. The fourth-order valence-corrected chi connectivity index (χ4v) is 4.30. The zero-order valence-corrected chi connectivity index (χ0v) is 18.2. The van der Waals surface area contributed by atoms with Gasteiger partial charge in [-0.25, -0.2) is 0 Å². The summed E-state index contributed by atoms with van der Waals surface area (Å²) in [5.74, 6) is 0.138. The van der Waals surface area contributed by atoms with Crippen LogP contribution in [0.15, 0.2) is 30.3 Å². The standard InChI is InChI=1S/C21H33N3O2.2ClH/c22-17-21(9-5-2-6-10-21)15-20(25)23-19(18-7-3-1-4-8-18)16-24-11-13-26-14-12-24;;/h1,3-4,7-8,19H,2,5-6,9-17,22H2,(H,23,25);2*1H. The highest BCUT2D eigenvalue weighted by molar-refractivity contribution is 5.85. The van der Waals surface area contributed by atoms with Crippen LogP contribution in [0.2, 0.25) is 0 Å². The van der Waals surface area contributed by atoms with Crippen LogP contribution in [0.4, 0.5) is 0 Å². The Bertz CT molecular complexity index is 562. The van der Waals surface area contributed by atoms with Crippen molar-refractivity contribution >= 4 is 30.7 Å². The zero-order valence-electron chi connectivity index (χ0n) is 16.6. The first-order chi connectivity index (χ1) is 12.7. The van der Waals surface area contributed by atoms with Crippen LogP contribution < -0.4 is 11.1 Å². The van der Waals surface area contributed by atoms with Gasteiger partial charge in [0.15, 0.2) is 0 Å². The van der Waals surface area contributed by atoms with Crippen LogP contribution in [0, 0.1) is 5.41 Å². The Labute approximate surface area is 181 Å². The third-order valence-electron chi connectivity index (χ3n) is 5.96. The molecule has 1 atom stereocenters. The molecule has 28 heavy (non-hydrogen) atoms. The van der Waals surface area contributed by atoms with Crippen molar-refractivity contribution in [3.63, 3.8) is 0 Å². The molecular formula is C21H35Cl2N3O2. The van der Waals surface area contributed by atoms with E-state index in [0.717, 1.165) is 51.3 Å². The molecule has 1 saturated heterocycles. The average molecular weight is 432 g/mol. The largest absolute Gasteiger partial charge is 0.379 e. The Morgan fingerprint density at radius 1 is 1.11 bits per heavy atom. The highest BCUT2D eigenvalue weighted by Gasteiger charge is 2.33. The van der Waals surface area contributed by atoms with E-state index in [2.05, 4.69) is 22.3 Å². The smallest absolute Gasteiger partial charge is 0.221 e. The van der Waals surface area contributed by atoms with Crippen LogP contribution in [0.5, 0.6) is 0 Å². The van der Waals surface area contributed by atoms with Gasteiger partial charge in [0.1, 0.15) is 0 Å². The highest BCUT2D eigenvalue weighted by atomic mass is 35.5. The van der Waals surface area contributed by atoms with Crippen LogP contribution in [-0.2, 0) is 9.53 Å². The number of nitrogens with one attached hydrogen (secondary N) is 1. The van der Waals surface area contributed by atoms with Crippen LogP contribution >= 0.6 is 24.8 Å². The number of rotatable bonds is 7. The lowest BCUT2D eigenvalue weighted by atomic mass is 9.71. The number of morpholine rings is 1. The zero-order chi connectivity index (χ0) is 18.2. The molecule has 1 unspecified atom stereocenters. The molecular weight excluding hydrogens is 397 g/mol. The lowest BCUT2D eigenvalue weighted by Gasteiger charge is -2.36. The lowest BCUT2D eigenvalue weighted by Crippen LogP contribution is -2.45. The predicted octanol–water partition coefficient (Wildman–Crippen LogP) is 3.32. The molecule has 1 aromatic carbocycles. The van der Waals surface area contributed by atoms with E-state index in [0.29, 0.717) is 13.0 Å². The summed E-state index contributed by atoms with van der Waals surface area (Å²) in [4.78, 5) is 15.3. The molecule has 2 fully saturated rings. The normalized spacial score (nSPS) is 20.3. The van der Waals surface area contributed by atoms with Crippen molar-refractivity contribution < 1.29 is 9.53 Å². The molecule has 1 saturated carbocycles. The van der Waals surface area contributed by atoms with Crippen LogP contribution in [0.1, 0.15) is 50.1 Å². The number of nitrogens with two attached hydrogens (primary N) is 1. The van der Waals surface area contributed by atoms with Crippen LogP contribution in [-0.4, -0.2) is 50.2 Å². The van der Waals surface area contributed by atoms with Gasteiger partial charge in [-0.05, 0) is 30.4 Å². The summed E-state index contributed by atoms with van der Waals surface area (Å²) >= 11 is 0. The summed E-state index contributed by atoms with van der Waals surface area (Å²) in [6.45, 7) is 4.82. The fraction of sp³-hybridized carbons (Fsp3) is 0.667. The number of benzene rings is 1. The molecule has 1 aromatic rings. The molecule has 1 aliphatic carbocycles. The Kier molecular flexibility index (Phi) is 11.4. The Morgan fingerprint density at radius 3 is 2.36 bits per heavy atom. The van der Waals surface area contributed by atoms with Gasteiger partial charge in [0.2, 0.25) is 5.91 Å². The minimum atomic E-state index is 0. The first kappa shape index (κ1) is 25.2. The Balaban J connectivity index is 0.00000196. The van der Waals surface area contributed by atoms with E-state index in [4.69, 9.17) is 10.5 Å². The number of hydrogen-bond acceptors (Lipinski definition) is 4. The van der Waals surface area contributed by atoms with E-state index in [1.807, 2.05) is 18.2 Å². The number of ether oxygens (including phenoxy) is 1. The average Bonchev–Trinajstić information content (AvgIpc) is 2.69. The number of amides is 1. The monoisotopic (exact) mass is 431 g/mol. The Morgan fingerprint density at radius 2 is 1.75 bits per heavy atom. The van der Waals surface area contributed by atoms with Crippen LogP contribution in [0.3, 0.4) is 0 Å². The molecule has 0 bridgehead atoms. The molecule has 3 N–H and O–H groups in total. The van der Waals surface area contributed by atoms with Gasteiger partial charge in [-0.3, -0.25) is 9.69 Å². The van der Waals surface area contributed by atoms with Crippen molar-refractivity contribution in [2.24, 2.45) is 11.1 Å². The first-order valence-corrected chi connectivity index (χ1v) is 10.1. The second-order valence-corrected chi connectivity index (χ2v) is 7.89. The van der Waals surface area contributed by atoms with E-state index in [9.17, 15) is 4.79 Å². The molecule has 3 rings (SSSR count). The van der Waals surface area contributed by atoms with Crippen molar-refractivity contribution in [2.45, 2.75) is 44.6 Å². The summed E-state index contributed by atoms with van der Waals surface area (Å²) in [7, 11) is 0. The number of halogens is 2. The molecule has 2 aliphatic rings. The van der Waals surface area contributed by atoms with Gasteiger partial charge in [0.25, 0.3) is 0 Å². The van der Waals surface area contributed by atoms with Crippen molar-refractivity contribution in [2.75, 3.05) is 39.4 Å². The van der Waals surface area contributed by atoms with E-state index in [1.54, 1.807) is 0 Å². The molecule has 7 heteroatoms. The molecule has 1 heterocycles. The second-order valence-electron chi connectivity index (χ2n) is 7.89. The molecule has 160 valence electrons. The number of carbonyl (C=O) groups excluding carboxylic acids is 1. The van der Waals surface area contributed by atoms with Gasteiger partial charge < -0.3 is 15.8 Å². The highest BCUT2D eigenvalue weighted by Crippen LogP contribution is 2.38. The maximum absolute atomic E-state index is 12.9. The molecule has 0 radical (unpaired) electrons. The number of nitrogens with zero attached hydrogens (tertiary/aromatic N) is 1. The summed E-state index contributed by atoms with van der Waals surface area (Å²) in [6.07, 6.45) is 6.37. The summed E-state index contributed by atoms with van der Waals surface area (Å²) in [5.41, 5.74) is 7.24. The maximum atomic E-state index is 12.9. The summed E-state index contributed by atoms with van der Waals surface area (Å²) in [6, 6.07) is 10.3. The van der Waals surface area contributed by atoms with Gasteiger partial charge in [0.05, 0.1) is 19.3 Å². The number of hydrogen-bond donors (Lipinski definition) is 2. The topological polar surface area (TPSA) is 67.6 Å². The molecule has 5 nitrogen and oxygen atoms in total. The fourth-order valence-electron chi connectivity index (χ4n) is 4.30. The molecule has 1 aliphatic heterocycles. The van der Waals surface area contributed by atoms with Gasteiger partial charge >= 0.3 is 0 Å². The minimum Gasteiger partial charge on any atom is -0.379 e. The van der Waals surface area contributed by atoms with Crippen LogP contribution in [0.25, 0.3) is 0 Å². The maximum Gasteiger partial charge on any atom is 0.221 e. The second kappa shape index (κ2) is 12.7. The molecule has 0 aromatic heterocycles. The van der Waals surface area contributed by atoms with E-state index in [1.165, 1.54) is 19.3 Å². The first-order valence-electron chi connectivity index (χ1n) is 10.1. The van der Waals surface area contributed by atoms with Crippen molar-refractivity contribution in [3.8, 4) is 0 Å². The third kappa shape index (κ3) is 7.20. The van der Waals surface area contributed by atoms with Crippen molar-refractivity contribution in [3.05, 3.63) is 35.9 Å². The van der Waals surface area contributed by atoms with Crippen molar-refractivity contribution in [1.29, 1.82) is 0 Å². The SMILES string of the molecule is Cl.Cl.NCC1(CC(=O)NC(CN2CCOCC2)c2ccccc2)CCCCC1. The van der Waals surface area contributed by atoms with Gasteiger partial charge in [-0.1, -0.05) is 49.6 Å². The minimum absolute atomic E-state index is 0. The Hall–Kier alpha value is -0.850. The summed E-state index contributed by atoms with van der Waals surface area (Å²) < 4.78 is 5.45. The molecule has 0 spiro atoms. The van der Waals surface area contributed by atoms with Gasteiger partial charge in [0, 0.05) is 26.1 Å². The predicted molar refractivity (Wildman–Crippen MR) is 118 cm³/mol. The summed E-state index contributed by atoms with van der Waals surface area (Å²) in [5, 5.41) is 3.31. The van der Waals surface area contributed by atoms with Crippen molar-refractivity contribution in [1.82, 2.24) is 10.2 Å². The van der Waals surface area contributed by atoms with E-state index in [-0.39, 0.29) is 42.2 Å².